The molecule has 8 amide bonds. The highest BCUT2D eigenvalue weighted by Crippen LogP contribution is 2.29. The molecule has 386 valence electrons. The van der Waals surface area contributed by atoms with Gasteiger partial charge >= 0.3 is 0 Å². The zero-order valence-corrected chi connectivity index (χ0v) is 41.0. The fourth-order valence-corrected chi connectivity index (χ4v) is 9.05. The van der Waals surface area contributed by atoms with Crippen molar-refractivity contribution in [2.45, 2.75) is 136 Å². The maximum Gasteiger partial charge on any atom is 0.237 e. The van der Waals surface area contributed by atoms with E-state index in [1.54, 1.807) is 26.0 Å². The van der Waals surface area contributed by atoms with Gasteiger partial charge in [0.05, 0.1) is 37.6 Å². The molecule has 2 heterocycles. The molecule has 0 spiro atoms. The van der Waals surface area contributed by atoms with Gasteiger partial charge in [-0.25, -0.2) is 0 Å². The van der Waals surface area contributed by atoms with Gasteiger partial charge in [0, 0.05) is 75.8 Å². The highest BCUT2D eigenvalue weighted by atomic mass is 16.3. The van der Waals surface area contributed by atoms with Crippen molar-refractivity contribution in [1.29, 1.82) is 0 Å². The van der Waals surface area contributed by atoms with Gasteiger partial charge in [0.25, 0.3) is 0 Å². The molecule has 1 aromatic carbocycles. The van der Waals surface area contributed by atoms with Crippen molar-refractivity contribution < 1.29 is 62.6 Å². The van der Waals surface area contributed by atoms with Gasteiger partial charge in [-0.15, -0.1) is 0 Å². The number of amides is 8. The van der Waals surface area contributed by atoms with Crippen molar-refractivity contribution in [2.75, 3.05) is 26.7 Å². The number of nitrogens with zero attached hydrogens (tertiary/aromatic N) is 2. The summed E-state index contributed by atoms with van der Waals surface area (Å²) < 4.78 is 0. The van der Waals surface area contributed by atoms with E-state index < -0.39 is 150 Å². The number of phenols is 1. The average molecular weight is 981 g/mol. The third kappa shape index (κ3) is 18.4. The molecule has 0 radical (unpaired) electrons. The maximum atomic E-state index is 14.6. The smallest absolute Gasteiger partial charge is 0.237 e. The molecule has 21 nitrogen and oxygen atoms in total. The van der Waals surface area contributed by atoms with E-state index >= 15 is 0 Å². The Hall–Kier alpha value is -6.54. The number of carbonyl (C=O) groups is 12. The van der Waals surface area contributed by atoms with Crippen LogP contribution in [0.3, 0.4) is 0 Å². The minimum Gasteiger partial charge on any atom is -0.508 e. The van der Waals surface area contributed by atoms with E-state index in [0.29, 0.717) is 18.4 Å². The third-order valence-electron chi connectivity index (χ3n) is 13.0. The lowest BCUT2D eigenvalue weighted by Gasteiger charge is -2.30. The molecule has 21 heteroatoms. The van der Waals surface area contributed by atoms with Gasteiger partial charge in [-0.05, 0) is 68.1 Å². The number of phenolic OH excluding ortho intramolecular Hbond substituents is 1. The number of benzene rings is 1. The fourth-order valence-electron chi connectivity index (χ4n) is 9.05. The molecule has 0 saturated carbocycles. The molecule has 2 saturated heterocycles. The van der Waals surface area contributed by atoms with Crippen molar-refractivity contribution in [3.05, 3.63) is 29.8 Å². The lowest BCUT2D eigenvalue weighted by atomic mass is 9.86. The molecule has 3 rings (SSSR count). The summed E-state index contributed by atoms with van der Waals surface area (Å²) in [5.41, 5.74) is 16.9. The predicted octanol–water partition coefficient (Wildman–Crippen LogP) is 0.284. The van der Waals surface area contributed by atoms with Gasteiger partial charge in [0.1, 0.15) is 5.75 Å². The Kier molecular flexibility index (Phi) is 22.8. The van der Waals surface area contributed by atoms with Gasteiger partial charge in [-0.2, -0.15) is 0 Å². The number of hydrogen-bond donors (Lipinski definition) is 7. The maximum absolute atomic E-state index is 14.6. The van der Waals surface area contributed by atoms with Crippen LogP contribution in [-0.4, -0.2) is 130 Å². The number of nitrogens with two attached hydrogens (primary N) is 3. The fraction of sp³-hybridized carbons (Fsp3) is 0.633. The van der Waals surface area contributed by atoms with Gasteiger partial charge in [0.2, 0.25) is 47.3 Å². The predicted molar refractivity (Wildman–Crippen MR) is 253 cm³/mol. The van der Waals surface area contributed by atoms with Gasteiger partial charge in [-0.3, -0.25) is 57.5 Å². The summed E-state index contributed by atoms with van der Waals surface area (Å²) in [6.45, 7) is 6.40. The van der Waals surface area contributed by atoms with Crippen LogP contribution in [0.2, 0.25) is 0 Å². The average Bonchev–Trinajstić information content (AvgIpc) is 3.79. The summed E-state index contributed by atoms with van der Waals surface area (Å²) in [6.07, 6.45) is -2.64. The number of rotatable bonds is 18. The SMILES string of the molecule is CC[C@H](C)[C@@H]1NC(=O)[C@H](Cc2ccc(O)cc2)CC(=O)CNC(=O)CC[C@@H](C(=O)N2CCC[C@H]2C(=O)C[C@@H](CC(C)C)C(=O)N(C)CC(N)=O)CC(=O)[C@H](CC(N)=O)NC(=O)[C@H](CCC(N)=O)CC1=O. The molecular formula is C49H72N8O13. The first kappa shape index (κ1) is 57.8. The zero-order chi connectivity index (χ0) is 52.4. The molecule has 1 aromatic rings. The highest BCUT2D eigenvalue weighted by Gasteiger charge is 2.41. The van der Waals surface area contributed by atoms with Crippen LogP contribution in [-0.2, 0) is 64.0 Å². The quantitative estimate of drug-likeness (QED) is 0.104. The minimum atomic E-state index is -1.65. The molecule has 0 unspecified atom stereocenters. The van der Waals surface area contributed by atoms with Crippen molar-refractivity contribution in [3.8, 4) is 5.75 Å². The molecule has 0 bridgehead atoms. The first-order valence-electron chi connectivity index (χ1n) is 24.1. The standard InChI is InChI=1S/C49H72N8O13/c1-6-28(4)45-40(62)21-30(11-15-41(50)63)46(67)54-36(24-42(51)64)38(60)22-31(12-16-44(66)53-25-35(59)20-32(47(68)55-45)19-29-9-13-34(58)14-10-29)49(70)57-17-7-8-37(57)39(61)23-33(18-27(2)3)48(69)56(5)26-43(52)65/h9-10,13-14,27-28,30-33,36-37,45,58H,6-8,11-12,15-26H2,1-5H3,(H2,50,63)(H2,51,64)(H2,52,65)(H,53,66)(H,54,67)(H,55,68)/t28-,30+,31+,32+,33+,36-,37-,45-/m0/s1. The van der Waals surface area contributed by atoms with Crippen LogP contribution >= 0.6 is 0 Å². The third-order valence-corrected chi connectivity index (χ3v) is 13.0. The minimum absolute atomic E-state index is 0.00302. The van der Waals surface area contributed by atoms with E-state index in [2.05, 4.69) is 16.0 Å². The van der Waals surface area contributed by atoms with Crippen LogP contribution in [0, 0.1) is 35.5 Å². The van der Waals surface area contributed by atoms with Crippen molar-refractivity contribution in [1.82, 2.24) is 25.8 Å². The number of primary amides is 3. The Bertz CT molecular complexity index is 2110. The second-order valence-electron chi connectivity index (χ2n) is 19.3. The lowest BCUT2D eigenvalue weighted by Crippen LogP contribution is -2.51. The van der Waals surface area contributed by atoms with Gasteiger partial charge < -0.3 is 48.1 Å². The van der Waals surface area contributed by atoms with Gasteiger partial charge in [-0.1, -0.05) is 46.2 Å². The summed E-state index contributed by atoms with van der Waals surface area (Å²) in [6, 6.07) is 2.10. The highest BCUT2D eigenvalue weighted by molar-refractivity contribution is 5.99. The Morgan fingerprint density at radius 2 is 1.49 bits per heavy atom. The molecule has 2 aliphatic heterocycles. The van der Waals surface area contributed by atoms with Crippen LogP contribution in [0.25, 0.3) is 0 Å². The van der Waals surface area contributed by atoms with E-state index in [9.17, 15) is 62.6 Å². The number of likely N-dealkylation sites (N-methyl/N-ethyl adjacent to an activating group) is 1. The number of hydrogen-bond acceptors (Lipinski definition) is 13. The van der Waals surface area contributed by atoms with Crippen molar-refractivity contribution in [2.24, 2.45) is 52.7 Å². The monoisotopic (exact) mass is 981 g/mol. The Morgan fingerprint density at radius 3 is 2.09 bits per heavy atom. The Morgan fingerprint density at radius 1 is 0.829 bits per heavy atom. The first-order valence-corrected chi connectivity index (χ1v) is 24.1. The van der Waals surface area contributed by atoms with E-state index in [1.807, 2.05) is 13.8 Å². The summed E-state index contributed by atoms with van der Waals surface area (Å²) >= 11 is 0. The Balaban J connectivity index is 2.06. The molecule has 0 aromatic heterocycles. The normalized spacial score (nSPS) is 23.4. The molecule has 70 heavy (non-hydrogen) atoms. The van der Waals surface area contributed by atoms with Crippen LogP contribution in [0.15, 0.2) is 24.3 Å². The topological polar surface area (TPSA) is 346 Å². The van der Waals surface area contributed by atoms with E-state index in [0.717, 1.165) is 4.90 Å². The number of likely N-dealkylation sites (tertiary alicyclic amines) is 1. The molecule has 8 atom stereocenters. The van der Waals surface area contributed by atoms with Crippen molar-refractivity contribution >= 4 is 70.4 Å². The molecule has 0 aliphatic carbocycles. The molecular weight excluding hydrogens is 909 g/mol. The number of ketones is 4. The Labute approximate surface area is 408 Å². The van der Waals surface area contributed by atoms with E-state index in [4.69, 9.17) is 17.2 Å². The van der Waals surface area contributed by atoms with Crippen LogP contribution in [0.5, 0.6) is 5.75 Å². The second-order valence-corrected chi connectivity index (χ2v) is 19.3. The number of carbonyl (C=O) groups excluding carboxylic acids is 12. The number of aromatic hydroxyl groups is 1. The zero-order valence-electron chi connectivity index (χ0n) is 41.0. The van der Waals surface area contributed by atoms with E-state index in [-0.39, 0.29) is 76.1 Å². The van der Waals surface area contributed by atoms with Crippen molar-refractivity contribution in [3.63, 3.8) is 0 Å². The second kappa shape index (κ2) is 27.6. The molecule has 2 fully saturated rings. The summed E-state index contributed by atoms with van der Waals surface area (Å²) in [5, 5.41) is 17.6. The molecule has 10 N–H and O–H groups in total. The molecule has 2 aliphatic rings. The van der Waals surface area contributed by atoms with Crippen LogP contribution in [0.4, 0.5) is 0 Å². The van der Waals surface area contributed by atoms with E-state index in [1.165, 1.54) is 24.1 Å². The summed E-state index contributed by atoms with van der Waals surface area (Å²) in [7, 11) is 1.40. The summed E-state index contributed by atoms with van der Waals surface area (Å²) in [5.74, 6) is -13.6. The van der Waals surface area contributed by atoms with Crippen LogP contribution < -0.4 is 33.2 Å². The largest absolute Gasteiger partial charge is 0.508 e. The first-order chi connectivity index (χ1) is 32.9. The number of Topliss-reactive ketones (excluding diaryl/α,β-unsaturated/α-hetero) is 4. The number of nitrogens with one attached hydrogen (secondary N) is 3. The summed E-state index contributed by atoms with van der Waals surface area (Å²) in [4.78, 5) is 164. The lowest BCUT2D eigenvalue weighted by molar-refractivity contribution is -0.145. The van der Waals surface area contributed by atoms with Gasteiger partial charge in [0.15, 0.2) is 23.1 Å². The van der Waals surface area contributed by atoms with Crippen LogP contribution in [0.1, 0.15) is 117 Å².